The topological polar surface area (TPSA) is 93.1 Å². The standard InChI is InChI=1S/C19H18N4O2S.C2HF3O2/c1-3-15(24-8-1)12-22-7-9-25-17(13-22)19-16-6-5-14(11-23(16)21-20-19)18-4-2-10-26-18;3-2(4,5)1(6)7/h1-6,8,10-11,17H,7,9,12-13H2;(H,6,7). The first-order valence-corrected chi connectivity index (χ1v) is 10.7. The van der Waals surface area contributed by atoms with E-state index in [1.54, 1.807) is 17.6 Å². The number of nitrogens with zero attached hydrogens (tertiary/aromatic N) is 4. The van der Waals surface area contributed by atoms with Gasteiger partial charge in [-0.25, -0.2) is 9.31 Å². The highest BCUT2D eigenvalue weighted by molar-refractivity contribution is 7.13. The van der Waals surface area contributed by atoms with Gasteiger partial charge in [0.25, 0.3) is 0 Å². The number of rotatable bonds is 4. The highest BCUT2D eigenvalue weighted by Crippen LogP contribution is 2.28. The van der Waals surface area contributed by atoms with Crippen molar-refractivity contribution in [1.29, 1.82) is 0 Å². The van der Waals surface area contributed by atoms with E-state index in [9.17, 15) is 13.2 Å². The minimum Gasteiger partial charge on any atom is -0.475 e. The lowest BCUT2D eigenvalue weighted by Gasteiger charge is -2.31. The quantitative estimate of drug-likeness (QED) is 0.467. The Morgan fingerprint density at radius 1 is 1.24 bits per heavy atom. The zero-order valence-electron chi connectivity index (χ0n) is 17.1. The normalized spacial score (nSPS) is 17.0. The van der Waals surface area contributed by atoms with E-state index in [4.69, 9.17) is 19.1 Å². The summed E-state index contributed by atoms with van der Waals surface area (Å²) < 4.78 is 45.0. The first-order valence-electron chi connectivity index (χ1n) is 9.86. The molecule has 8 nitrogen and oxygen atoms in total. The Bertz CT molecular complexity index is 1190. The maximum Gasteiger partial charge on any atom is 0.490 e. The number of carboxylic acid groups (broad SMARTS) is 1. The number of pyridine rings is 1. The molecule has 4 aromatic rings. The Balaban J connectivity index is 0.000000325. The molecule has 1 aliphatic rings. The predicted molar refractivity (Wildman–Crippen MR) is 113 cm³/mol. The summed E-state index contributed by atoms with van der Waals surface area (Å²) in [5.74, 6) is -1.79. The molecule has 33 heavy (non-hydrogen) atoms. The number of ether oxygens (including phenoxy) is 1. The van der Waals surface area contributed by atoms with Gasteiger partial charge in [0.05, 0.1) is 24.9 Å². The molecule has 1 fully saturated rings. The van der Waals surface area contributed by atoms with Crippen molar-refractivity contribution in [2.75, 3.05) is 19.7 Å². The summed E-state index contributed by atoms with van der Waals surface area (Å²) in [7, 11) is 0. The predicted octanol–water partition coefficient (Wildman–Crippen LogP) is 4.26. The Morgan fingerprint density at radius 2 is 2.06 bits per heavy atom. The van der Waals surface area contributed by atoms with Crippen molar-refractivity contribution in [3.05, 3.63) is 65.7 Å². The molecule has 1 N–H and O–H groups in total. The largest absolute Gasteiger partial charge is 0.490 e. The van der Waals surface area contributed by atoms with Gasteiger partial charge < -0.3 is 14.3 Å². The van der Waals surface area contributed by atoms with Crippen molar-refractivity contribution in [3.8, 4) is 10.4 Å². The van der Waals surface area contributed by atoms with Gasteiger partial charge in [-0.1, -0.05) is 11.3 Å². The third-order valence-corrected chi connectivity index (χ3v) is 5.82. The summed E-state index contributed by atoms with van der Waals surface area (Å²) in [4.78, 5) is 12.5. The third kappa shape index (κ3) is 5.59. The van der Waals surface area contributed by atoms with E-state index >= 15 is 0 Å². The minimum atomic E-state index is -5.08. The minimum absolute atomic E-state index is 0.0798. The number of carboxylic acids is 1. The molecule has 0 bridgehead atoms. The van der Waals surface area contributed by atoms with E-state index in [1.165, 1.54) is 4.88 Å². The highest BCUT2D eigenvalue weighted by Gasteiger charge is 2.38. The number of alkyl halides is 3. The molecule has 1 atom stereocenters. The maximum atomic E-state index is 10.6. The fourth-order valence-electron chi connectivity index (χ4n) is 3.37. The Labute approximate surface area is 189 Å². The van der Waals surface area contributed by atoms with Gasteiger partial charge in [-0.15, -0.1) is 16.4 Å². The lowest BCUT2D eigenvalue weighted by atomic mass is 10.1. The molecule has 0 aromatic carbocycles. The number of carbonyl (C=O) groups is 1. The zero-order chi connectivity index (χ0) is 23.4. The second kappa shape index (κ2) is 9.73. The smallest absolute Gasteiger partial charge is 0.475 e. The number of furan rings is 1. The first kappa shape index (κ1) is 23.0. The number of halogens is 3. The summed E-state index contributed by atoms with van der Waals surface area (Å²) in [6.07, 6.45) is -1.42. The van der Waals surface area contributed by atoms with Crippen LogP contribution in [0.5, 0.6) is 0 Å². The van der Waals surface area contributed by atoms with Crippen LogP contribution < -0.4 is 0 Å². The molecule has 0 saturated carbocycles. The van der Waals surface area contributed by atoms with Crippen molar-refractivity contribution in [2.45, 2.75) is 18.8 Å². The third-order valence-electron chi connectivity index (χ3n) is 4.90. The summed E-state index contributed by atoms with van der Waals surface area (Å²) in [6, 6.07) is 12.3. The average molecular weight is 480 g/mol. The van der Waals surface area contributed by atoms with Crippen LogP contribution in [0.25, 0.3) is 16.0 Å². The molecule has 174 valence electrons. The molecule has 0 aliphatic carbocycles. The molecule has 4 aromatic heterocycles. The van der Waals surface area contributed by atoms with Crippen LogP contribution in [0.3, 0.4) is 0 Å². The number of hydrogen-bond donors (Lipinski definition) is 1. The second-order valence-corrected chi connectivity index (χ2v) is 8.12. The van der Waals surface area contributed by atoms with Gasteiger partial charge in [-0.2, -0.15) is 13.2 Å². The lowest BCUT2D eigenvalue weighted by molar-refractivity contribution is -0.192. The summed E-state index contributed by atoms with van der Waals surface area (Å²) in [5.41, 5.74) is 3.04. The molecule has 0 radical (unpaired) electrons. The van der Waals surface area contributed by atoms with E-state index in [1.807, 2.05) is 22.8 Å². The number of aromatic nitrogens is 3. The Kier molecular flexibility index (Phi) is 6.77. The van der Waals surface area contributed by atoms with Gasteiger partial charge in [0.1, 0.15) is 17.6 Å². The molecule has 1 saturated heterocycles. The average Bonchev–Trinajstić information content (AvgIpc) is 3.55. The lowest BCUT2D eigenvalue weighted by Crippen LogP contribution is -2.37. The highest BCUT2D eigenvalue weighted by atomic mass is 32.1. The van der Waals surface area contributed by atoms with Crippen LogP contribution >= 0.6 is 11.3 Å². The molecule has 12 heteroatoms. The van der Waals surface area contributed by atoms with Crippen molar-refractivity contribution >= 4 is 22.8 Å². The van der Waals surface area contributed by atoms with Crippen molar-refractivity contribution in [3.63, 3.8) is 0 Å². The molecular weight excluding hydrogens is 461 g/mol. The summed E-state index contributed by atoms with van der Waals surface area (Å²) in [6.45, 7) is 3.13. The SMILES string of the molecule is O=C(O)C(F)(F)F.c1coc(CN2CCOC(c3nnn4cc(-c5cccs5)ccc34)C2)c1. The van der Waals surface area contributed by atoms with Gasteiger partial charge >= 0.3 is 12.1 Å². The number of hydrogen-bond acceptors (Lipinski definition) is 7. The van der Waals surface area contributed by atoms with Crippen LogP contribution in [-0.4, -0.2) is 56.7 Å². The molecular formula is C21H19F3N4O4S. The fraction of sp³-hybridized carbons (Fsp3) is 0.286. The Hall–Kier alpha value is -3.22. The van der Waals surface area contributed by atoms with E-state index in [0.717, 1.165) is 42.2 Å². The molecule has 1 unspecified atom stereocenters. The van der Waals surface area contributed by atoms with Crippen molar-refractivity contribution < 1.29 is 32.2 Å². The van der Waals surface area contributed by atoms with E-state index in [0.29, 0.717) is 6.61 Å². The maximum absolute atomic E-state index is 10.6. The van der Waals surface area contributed by atoms with Crippen molar-refractivity contribution in [2.24, 2.45) is 0 Å². The number of thiophene rings is 1. The molecule has 5 heterocycles. The molecule has 5 rings (SSSR count). The fourth-order valence-corrected chi connectivity index (χ4v) is 4.08. The number of fused-ring (bicyclic) bond motifs is 1. The van der Waals surface area contributed by atoms with Gasteiger partial charge in [-0.05, 0) is 35.7 Å². The summed E-state index contributed by atoms with van der Waals surface area (Å²) in [5, 5.41) is 17.9. The number of morpholine rings is 1. The van der Waals surface area contributed by atoms with Gasteiger partial charge in [0.15, 0.2) is 0 Å². The van der Waals surface area contributed by atoms with E-state index in [2.05, 4.69) is 44.9 Å². The van der Waals surface area contributed by atoms with Crippen LogP contribution in [0.2, 0.25) is 0 Å². The van der Waals surface area contributed by atoms with Crippen LogP contribution in [-0.2, 0) is 16.1 Å². The number of aliphatic carboxylic acids is 1. The van der Waals surface area contributed by atoms with E-state index < -0.39 is 12.1 Å². The monoisotopic (exact) mass is 480 g/mol. The van der Waals surface area contributed by atoms with E-state index in [-0.39, 0.29) is 6.10 Å². The molecule has 0 spiro atoms. The summed E-state index contributed by atoms with van der Waals surface area (Å²) >= 11 is 1.72. The van der Waals surface area contributed by atoms with Crippen LogP contribution in [0.1, 0.15) is 17.6 Å². The zero-order valence-corrected chi connectivity index (χ0v) is 17.9. The first-order chi connectivity index (χ1) is 15.8. The molecule has 0 amide bonds. The second-order valence-electron chi connectivity index (χ2n) is 7.18. The van der Waals surface area contributed by atoms with Gasteiger partial charge in [0, 0.05) is 29.7 Å². The van der Waals surface area contributed by atoms with Gasteiger partial charge in [-0.3, -0.25) is 4.90 Å². The van der Waals surface area contributed by atoms with Crippen LogP contribution in [0.4, 0.5) is 13.2 Å². The van der Waals surface area contributed by atoms with Crippen LogP contribution in [0, 0.1) is 0 Å². The van der Waals surface area contributed by atoms with Crippen molar-refractivity contribution in [1.82, 2.24) is 19.7 Å². The molecule has 1 aliphatic heterocycles. The van der Waals surface area contributed by atoms with Gasteiger partial charge in [0.2, 0.25) is 0 Å². The van der Waals surface area contributed by atoms with Crippen LogP contribution in [0.15, 0.2) is 58.7 Å². The Morgan fingerprint density at radius 3 is 2.73 bits per heavy atom.